The molecule has 2 fully saturated rings. The number of rotatable bonds is 4. The molecular weight excluding hydrogens is 260 g/mol. The van der Waals surface area contributed by atoms with E-state index in [1.54, 1.807) is 0 Å². The first-order valence-electron chi connectivity index (χ1n) is 7.96. The second-order valence-corrected chi connectivity index (χ2v) is 6.58. The monoisotopic (exact) mass is 282 g/mol. The van der Waals surface area contributed by atoms with Crippen LogP contribution < -0.4 is 5.32 Å². The molecule has 1 aromatic rings. The maximum atomic E-state index is 12.5. The molecule has 3 rings (SSSR count). The van der Waals surface area contributed by atoms with Crippen LogP contribution in [-0.4, -0.2) is 12.5 Å². The van der Waals surface area contributed by atoms with Crippen molar-refractivity contribution in [3.8, 4) is 6.07 Å². The van der Waals surface area contributed by atoms with E-state index in [2.05, 4.69) is 35.7 Å². The summed E-state index contributed by atoms with van der Waals surface area (Å²) in [4.78, 5) is 12.5. The zero-order valence-corrected chi connectivity index (χ0v) is 12.4. The Morgan fingerprint density at radius 2 is 1.76 bits per heavy atom. The summed E-state index contributed by atoms with van der Waals surface area (Å²) in [6.07, 6.45) is 6.87. The molecule has 0 unspecified atom stereocenters. The van der Waals surface area contributed by atoms with Gasteiger partial charge in [-0.2, -0.15) is 5.26 Å². The highest BCUT2D eigenvalue weighted by atomic mass is 16.2. The van der Waals surface area contributed by atoms with E-state index in [1.165, 1.54) is 12.0 Å². The fourth-order valence-electron chi connectivity index (χ4n) is 3.75. The Morgan fingerprint density at radius 3 is 2.29 bits per heavy atom. The quantitative estimate of drug-likeness (QED) is 0.921. The molecule has 0 heterocycles. The van der Waals surface area contributed by atoms with Crippen LogP contribution in [0.1, 0.15) is 50.5 Å². The summed E-state index contributed by atoms with van der Waals surface area (Å²) >= 11 is 0. The summed E-state index contributed by atoms with van der Waals surface area (Å²) in [6.45, 7) is 0.666. The van der Waals surface area contributed by atoms with Gasteiger partial charge in [0.15, 0.2) is 0 Å². The van der Waals surface area contributed by atoms with Crippen LogP contribution in [0.2, 0.25) is 0 Å². The van der Waals surface area contributed by atoms with E-state index in [-0.39, 0.29) is 11.3 Å². The standard InChI is InChI=1S/C18H22N2O/c19-13-17(9-4-5-10-17)16(21)20-14-18(11-6-12-18)15-7-2-1-3-8-15/h1-3,7-8H,4-6,9-12,14H2,(H,20,21). The molecule has 21 heavy (non-hydrogen) atoms. The Balaban J connectivity index is 1.69. The van der Waals surface area contributed by atoms with E-state index < -0.39 is 5.41 Å². The van der Waals surface area contributed by atoms with Crippen molar-refractivity contribution in [3.05, 3.63) is 35.9 Å². The highest BCUT2D eigenvalue weighted by molar-refractivity contribution is 5.85. The Morgan fingerprint density at radius 1 is 1.10 bits per heavy atom. The zero-order chi connectivity index (χ0) is 14.8. The molecule has 1 N–H and O–H groups in total. The highest BCUT2D eigenvalue weighted by Gasteiger charge is 2.44. The first kappa shape index (κ1) is 14.1. The van der Waals surface area contributed by atoms with Gasteiger partial charge in [0.1, 0.15) is 5.41 Å². The van der Waals surface area contributed by atoms with Gasteiger partial charge in [0.25, 0.3) is 0 Å². The van der Waals surface area contributed by atoms with Gasteiger partial charge in [-0.1, -0.05) is 49.6 Å². The third-order valence-electron chi connectivity index (χ3n) is 5.39. The maximum absolute atomic E-state index is 12.5. The molecular formula is C18H22N2O. The van der Waals surface area contributed by atoms with Crippen LogP contribution in [0.25, 0.3) is 0 Å². The SMILES string of the molecule is N#CC1(C(=O)NCC2(c3ccccc3)CCC2)CCCC1. The summed E-state index contributed by atoms with van der Waals surface area (Å²) in [5.41, 5.74) is 0.641. The number of carbonyl (C=O) groups excluding carboxylic acids is 1. The van der Waals surface area contributed by atoms with E-state index in [0.717, 1.165) is 25.7 Å². The largest absolute Gasteiger partial charge is 0.354 e. The second-order valence-electron chi connectivity index (χ2n) is 6.58. The molecule has 0 atom stereocenters. The van der Waals surface area contributed by atoms with Gasteiger partial charge in [0, 0.05) is 12.0 Å². The lowest BCUT2D eigenvalue weighted by molar-refractivity contribution is -0.128. The van der Waals surface area contributed by atoms with Crippen molar-refractivity contribution in [2.75, 3.05) is 6.54 Å². The van der Waals surface area contributed by atoms with Crippen LogP contribution >= 0.6 is 0 Å². The minimum Gasteiger partial charge on any atom is -0.354 e. The third-order valence-corrected chi connectivity index (χ3v) is 5.39. The predicted octanol–water partition coefficient (Wildman–Crippen LogP) is 3.31. The predicted molar refractivity (Wildman–Crippen MR) is 81.5 cm³/mol. The summed E-state index contributed by atoms with van der Waals surface area (Å²) in [5.74, 6) is -0.0512. The highest BCUT2D eigenvalue weighted by Crippen LogP contribution is 2.44. The molecule has 0 spiro atoms. The van der Waals surface area contributed by atoms with Crippen LogP contribution in [0.15, 0.2) is 30.3 Å². The Kier molecular flexibility index (Phi) is 3.71. The average Bonchev–Trinajstić information content (AvgIpc) is 2.97. The van der Waals surface area contributed by atoms with Crippen molar-refractivity contribution in [1.82, 2.24) is 5.32 Å². The summed E-state index contributed by atoms with van der Waals surface area (Å²) in [7, 11) is 0. The molecule has 0 saturated heterocycles. The van der Waals surface area contributed by atoms with E-state index in [9.17, 15) is 10.1 Å². The van der Waals surface area contributed by atoms with Gasteiger partial charge in [-0.15, -0.1) is 0 Å². The lowest BCUT2D eigenvalue weighted by Crippen LogP contribution is -2.49. The number of hydrogen-bond acceptors (Lipinski definition) is 2. The molecule has 2 aliphatic carbocycles. The molecule has 3 nitrogen and oxygen atoms in total. The van der Waals surface area contributed by atoms with Gasteiger partial charge in [0.2, 0.25) is 5.91 Å². The van der Waals surface area contributed by atoms with Gasteiger partial charge in [-0.3, -0.25) is 4.79 Å². The summed E-state index contributed by atoms with van der Waals surface area (Å²) in [5, 5.41) is 12.5. The van der Waals surface area contributed by atoms with Crippen LogP contribution in [0.5, 0.6) is 0 Å². The fraction of sp³-hybridized carbons (Fsp3) is 0.556. The van der Waals surface area contributed by atoms with Gasteiger partial charge < -0.3 is 5.32 Å². The second kappa shape index (κ2) is 5.52. The van der Waals surface area contributed by atoms with E-state index in [1.807, 2.05) is 6.07 Å². The summed E-state index contributed by atoms with van der Waals surface area (Å²) < 4.78 is 0. The number of nitriles is 1. The first-order chi connectivity index (χ1) is 10.2. The van der Waals surface area contributed by atoms with Crippen molar-refractivity contribution >= 4 is 5.91 Å². The van der Waals surface area contributed by atoms with Crippen molar-refractivity contribution in [2.45, 2.75) is 50.4 Å². The molecule has 1 amide bonds. The maximum Gasteiger partial charge on any atom is 0.240 e. The third kappa shape index (κ3) is 2.44. The van der Waals surface area contributed by atoms with Gasteiger partial charge in [-0.25, -0.2) is 0 Å². The van der Waals surface area contributed by atoms with Crippen molar-refractivity contribution in [3.63, 3.8) is 0 Å². The minimum atomic E-state index is -0.762. The average molecular weight is 282 g/mol. The number of nitrogens with zero attached hydrogens (tertiary/aromatic N) is 1. The molecule has 0 aromatic heterocycles. The minimum absolute atomic E-state index is 0.0512. The Hall–Kier alpha value is -1.82. The first-order valence-corrected chi connectivity index (χ1v) is 7.96. The number of hydrogen-bond donors (Lipinski definition) is 1. The Bertz CT molecular complexity index is 548. The van der Waals surface area contributed by atoms with Crippen LogP contribution in [0.3, 0.4) is 0 Å². The van der Waals surface area contributed by atoms with Gasteiger partial charge in [-0.05, 0) is 31.2 Å². The number of carbonyl (C=O) groups is 1. The smallest absolute Gasteiger partial charge is 0.240 e. The van der Waals surface area contributed by atoms with Crippen molar-refractivity contribution in [1.29, 1.82) is 5.26 Å². The van der Waals surface area contributed by atoms with E-state index in [4.69, 9.17) is 0 Å². The fourth-order valence-corrected chi connectivity index (χ4v) is 3.75. The van der Waals surface area contributed by atoms with Crippen molar-refractivity contribution < 1.29 is 4.79 Å². The molecule has 3 heteroatoms. The van der Waals surface area contributed by atoms with Crippen molar-refractivity contribution in [2.24, 2.45) is 5.41 Å². The van der Waals surface area contributed by atoms with Gasteiger partial charge >= 0.3 is 0 Å². The number of nitrogens with one attached hydrogen (secondary N) is 1. The zero-order valence-electron chi connectivity index (χ0n) is 12.4. The van der Waals surface area contributed by atoms with E-state index in [0.29, 0.717) is 19.4 Å². The molecule has 110 valence electrons. The van der Waals surface area contributed by atoms with Gasteiger partial charge in [0.05, 0.1) is 6.07 Å². The molecule has 0 bridgehead atoms. The number of amides is 1. The normalized spacial score (nSPS) is 22.0. The molecule has 2 aliphatic rings. The molecule has 0 radical (unpaired) electrons. The van der Waals surface area contributed by atoms with Crippen LogP contribution in [0, 0.1) is 16.7 Å². The molecule has 0 aliphatic heterocycles. The topological polar surface area (TPSA) is 52.9 Å². The molecule has 2 saturated carbocycles. The van der Waals surface area contributed by atoms with E-state index >= 15 is 0 Å². The van der Waals surface area contributed by atoms with Crippen LogP contribution in [-0.2, 0) is 10.2 Å². The number of benzene rings is 1. The lowest BCUT2D eigenvalue weighted by atomic mass is 9.64. The summed E-state index contributed by atoms with van der Waals surface area (Å²) in [6, 6.07) is 12.7. The van der Waals surface area contributed by atoms with Crippen LogP contribution in [0.4, 0.5) is 0 Å². The molecule has 1 aromatic carbocycles. The lowest BCUT2D eigenvalue weighted by Gasteiger charge is -2.43. The Labute approximate surface area is 126 Å².